The van der Waals surface area contributed by atoms with Crippen LogP contribution in [0.5, 0.6) is 5.75 Å². The van der Waals surface area contributed by atoms with Gasteiger partial charge in [-0.3, -0.25) is 14.5 Å². The number of carbonyl (C=O) groups is 2. The lowest BCUT2D eigenvalue weighted by Gasteiger charge is -2.27. The van der Waals surface area contributed by atoms with Crippen molar-refractivity contribution in [2.75, 3.05) is 18.7 Å². The van der Waals surface area contributed by atoms with Crippen LogP contribution in [0.3, 0.4) is 0 Å². The SMILES string of the molecule is COc1ccc2cc(N3c4ccc(C=C5SC(=S)N(COC=O)C5=O)cc4C4CCCC43)ccc2c1. The minimum Gasteiger partial charge on any atom is -0.497 e. The Morgan fingerprint density at radius 2 is 1.92 bits per heavy atom. The number of amides is 1. The highest BCUT2D eigenvalue weighted by Crippen LogP contribution is 2.53. The predicted octanol–water partition coefficient (Wildman–Crippen LogP) is 5.97. The van der Waals surface area contributed by atoms with Gasteiger partial charge >= 0.3 is 0 Å². The molecule has 0 spiro atoms. The van der Waals surface area contributed by atoms with Gasteiger partial charge in [-0.25, -0.2) is 0 Å². The van der Waals surface area contributed by atoms with Crippen LogP contribution in [-0.4, -0.2) is 41.5 Å². The van der Waals surface area contributed by atoms with Crippen molar-refractivity contribution in [1.82, 2.24) is 4.90 Å². The molecule has 1 aliphatic carbocycles. The summed E-state index contributed by atoms with van der Waals surface area (Å²) in [6.45, 7) is 0.159. The number of benzene rings is 3. The normalized spacial score (nSPS) is 21.9. The second-order valence-corrected chi connectivity index (χ2v) is 10.9. The molecule has 2 unspecified atom stereocenters. The quantitative estimate of drug-likeness (QED) is 0.227. The van der Waals surface area contributed by atoms with E-state index in [4.69, 9.17) is 21.7 Å². The number of rotatable bonds is 6. The van der Waals surface area contributed by atoms with E-state index >= 15 is 0 Å². The number of carbonyl (C=O) groups excluding carboxylic acids is 2. The Kier molecular flexibility index (Phi) is 5.93. The number of thioether (sulfide) groups is 1. The number of nitrogens with zero attached hydrogens (tertiary/aromatic N) is 2. The van der Waals surface area contributed by atoms with Crippen molar-refractivity contribution < 1.29 is 19.1 Å². The second kappa shape index (κ2) is 9.26. The van der Waals surface area contributed by atoms with Crippen LogP contribution in [0, 0.1) is 0 Å². The van der Waals surface area contributed by atoms with E-state index in [2.05, 4.69) is 53.4 Å². The van der Waals surface area contributed by atoms with Gasteiger partial charge < -0.3 is 14.4 Å². The number of fused-ring (bicyclic) bond motifs is 4. The Balaban J connectivity index is 1.34. The standard InChI is InChI=1S/C28H24N2O4S2/c1-33-21-9-7-18-13-20(8-6-19(18)14-21)30-24-4-2-3-22(24)23-11-17(5-10-25(23)30)12-26-27(32)29(15-34-16-31)28(35)36-26/h5-14,16,22,24H,2-4,15H2,1H3. The van der Waals surface area contributed by atoms with Crippen molar-refractivity contribution in [1.29, 1.82) is 0 Å². The highest BCUT2D eigenvalue weighted by Gasteiger charge is 2.42. The van der Waals surface area contributed by atoms with E-state index in [0.717, 1.165) is 29.5 Å². The summed E-state index contributed by atoms with van der Waals surface area (Å²) < 4.78 is 10.5. The molecule has 1 amide bonds. The molecule has 2 aliphatic heterocycles. The summed E-state index contributed by atoms with van der Waals surface area (Å²) in [5.41, 5.74) is 4.75. The number of ether oxygens (including phenoxy) is 2. The zero-order valence-corrected chi connectivity index (χ0v) is 21.3. The third-order valence-corrected chi connectivity index (χ3v) is 8.65. The summed E-state index contributed by atoms with van der Waals surface area (Å²) in [7, 11) is 1.69. The number of hydrogen-bond acceptors (Lipinski definition) is 7. The first-order valence-electron chi connectivity index (χ1n) is 11.9. The number of anilines is 2. The van der Waals surface area contributed by atoms with Gasteiger partial charge in [0, 0.05) is 23.3 Å². The first-order valence-corrected chi connectivity index (χ1v) is 13.1. The van der Waals surface area contributed by atoms with Gasteiger partial charge in [0.1, 0.15) is 5.75 Å². The maximum absolute atomic E-state index is 12.8. The third kappa shape index (κ3) is 3.85. The molecule has 3 aromatic carbocycles. The summed E-state index contributed by atoms with van der Waals surface area (Å²) in [6.07, 6.45) is 5.41. The first-order chi connectivity index (χ1) is 17.6. The van der Waals surface area contributed by atoms with Crippen LogP contribution in [0.15, 0.2) is 59.5 Å². The summed E-state index contributed by atoms with van der Waals surface area (Å²) in [5, 5.41) is 2.35. The number of hydrogen-bond donors (Lipinski definition) is 0. The van der Waals surface area contributed by atoms with Crippen LogP contribution in [-0.2, 0) is 14.3 Å². The average molecular weight is 517 g/mol. The van der Waals surface area contributed by atoms with E-state index in [1.54, 1.807) is 7.11 Å². The molecular formula is C28H24N2O4S2. The number of thiocarbonyl (C=S) groups is 1. The fourth-order valence-corrected chi connectivity index (χ4v) is 6.89. The highest BCUT2D eigenvalue weighted by molar-refractivity contribution is 8.26. The molecule has 2 heterocycles. The lowest BCUT2D eigenvalue weighted by atomic mass is 9.96. The van der Waals surface area contributed by atoms with E-state index in [1.807, 2.05) is 12.1 Å². The molecule has 0 N–H and O–H groups in total. The molecule has 2 fully saturated rings. The van der Waals surface area contributed by atoms with Crippen molar-refractivity contribution in [3.63, 3.8) is 0 Å². The van der Waals surface area contributed by atoms with Crippen LogP contribution in [0.1, 0.15) is 36.3 Å². The zero-order valence-electron chi connectivity index (χ0n) is 19.7. The van der Waals surface area contributed by atoms with Gasteiger partial charge in [-0.05, 0) is 77.2 Å². The molecule has 1 saturated carbocycles. The molecule has 6 nitrogen and oxygen atoms in total. The van der Waals surface area contributed by atoms with Crippen molar-refractivity contribution in [2.45, 2.75) is 31.2 Å². The van der Waals surface area contributed by atoms with Crippen LogP contribution in [0.2, 0.25) is 0 Å². The van der Waals surface area contributed by atoms with Crippen molar-refractivity contribution in [3.05, 3.63) is 70.6 Å². The largest absolute Gasteiger partial charge is 0.497 e. The predicted molar refractivity (Wildman–Crippen MR) is 146 cm³/mol. The zero-order chi connectivity index (χ0) is 24.8. The molecule has 6 rings (SSSR count). The van der Waals surface area contributed by atoms with Gasteiger partial charge in [-0.2, -0.15) is 0 Å². The van der Waals surface area contributed by atoms with Crippen LogP contribution >= 0.6 is 24.0 Å². The molecule has 3 aromatic rings. The van der Waals surface area contributed by atoms with Crippen LogP contribution < -0.4 is 9.64 Å². The molecule has 8 heteroatoms. The van der Waals surface area contributed by atoms with Gasteiger partial charge in [0.05, 0.1) is 12.0 Å². The lowest BCUT2D eigenvalue weighted by molar-refractivity contribution is -0.135. The third-order valence-electron chi connectivity index (χ3n) is 7.27. The Hall–Kier alpha value is -3.36. The summed E-state index contributed by atoms with van der Waals surface area (Å²) >= 11 is 6.53. The topological polar surface area (TPSA) is 59.1 Å². The molecule has 1 saturated heterocycles. The summed E-state index contributed by atoms with van der Waals surface area (Å²) in [6, 6.07) is 19.7. The lowest BCUT2D eigenvalue weighted by Crippen LogP contribution is -2.30. The Morgan fingerprint density at radius 3 is 2.75 bits per heavy atom. The van der Waals surface area contributed by atoms with Crippen molar-refractivity contribution in [3.8, 4) is 5.75 Å². The minimum absolute atomic E-state index is 0.160. The van der Waals surface area contributed by atoms with E-state index in [9.17, 15) is 9.59 Å². The monoisotopic (exact) mass is 516 g/mol. The molecule has 36 heavy (non-hydrogen) atoms. The van der Waals surface area contributed by atoms with E-state index in [0.29, 0.717) is 27.7 Å². The van der Waals surface area contributed by atoms with Gasteiger partial charge in [-0.1, -0.05) is 48.6 Å². The van der Waals surface area contributed by atoms with Gasteiger partial charge in [0.2, 0.25) is 0 Å². The Labute approximate surface area is 218 Å². The maximum Gasteiger partial charge on any atom is 0.294 e. The minimum atomic E-state index is -0.236. The Morgan fingerprint density at radius 1 is 1.08 bits per heavy atom. The molecular weight excluding hydrogens is 492 g/mol. The van der Waals surface area contributed by atoms with Gasteiger partial charge in [-0.15, -0.1) is 0 Å². The Bertz CT molecular complexity index is 1440. The smallest absolute Gasteiger partial charge is 0.294 e. The molecule has 0 aromatic heterocycles. The molecule has 182 valence electrons. The first kappa shape index (κ1) is 23.1. The van der Waals surface area contributed by atoms with E-state index in [-0.39, 0.29) is 12.6 Å². The fraction of sp³-hybridized carbons (Fsp3) is 0.250. The maximum atomic E-state index is 12.8. The second-order valence-electron chi connectivity index (χ2n) is 9.19. The van der Waals surface area contributed by atoms with Gasteiger partial charge in [0.25, 0.3) is 12.4 Å². The van der Waals surface area contributed by atoms with E-state index in [1.165, 1.54) is 45.4 Å². The summed E-state index contributed by atoms with van der Waals surface area (Å²) in [4.78, 5) is 27.6. The average Bonchev–Trinajstić information content (AvgIpc) is 3.55. The number of methoxy groups -OCH3 is 1. The highest BCUT2D eigenvalue weighted by atomic mass is 32.2. The molecule has 0 bridgehead atoms. The molecule has 3 aliphatic rings. The van der Waals surface area contributed by atoms with E-state index < -0.39 is 0 Å². The van der Waals surface area contributed by atoms with Crippen LogP contribution in [0.4, 0.5) is 11.4 Å². The molecule has 0 radical (unpaired) electrons. The fourth-order valence-electron chi connectivity index (χ4n) is 5.66. The molecule has 2 atom stereocenters. The van der Waals surface area contributed by atoms with Crippen molar-refractivity contribution in [2.24, 2.45) is 0 Å². The van der Waals surface area contributed by atoms with Crippen LogP contribution in [0.25, 0.3) is 16.8 Å². The van der Waals surface area contributed by atoms with Gasteiger partial charge in [0.15, 0.2) is 11.1 Å². The summed E-state index contributed by atoms with van der Waals surface area (Å²) in [5.74, 6) is 1.09. The van der Waals surface area contributed by atoms with Crippen molar-refractivity contribution >= 4 is 68.9 Å².